The minimum atomic E-state index is -4.60. The molecule has 3 heterocycles. The number of rotatable bonds is 6. The Hall–Kier alpha value is -4.61. The highest BCUT2D eigenvalue weighted by atomic mass is 19.4. The fourth-order valence-corrected chi connectivity index (χ4v) is 4.42. The number of aromatic nitrogens is 5. The number of hydrogen-bond acceptors (Lipinski definition) is 5. The highest BCUT2D eigenvalue weighted by molar-refractivity contribution is 5.94. The summed E-state index contributed by atoms with van der Waals surface area (Å²) in [4.78, 5) is 30.3. The summed E-state index contributed by atoms with van der Waals surface area (Å²) in [6.07, 6.45) is 0.621. The van der Waals surface area contributed by atoms with Crippen LogP contribution in [0, 0.1) is 0 Å². The van der Waals surface area contributed by atoms with Gasteiger partial charge < -0.3 is 10.1 Å². The standard InChI is InChI=1S/C26H23F3N6O3/c1-15(26(27,28)29)32-23(36)14-34-20-5-4-6-22(38-3)24(20)35(25(34)37)17-9-7-16(8-10-17)18-11-30-13-21-19(18)12-31-33(21)2/h4-13,15H,14H2,1-3H3,(H,32,36)/t15-/m0/s1. The van der Waals surface area contributed by atoms with Crippen molar-refractivity contribution in [3.8, 4) is 22.6 Å². The van der Waals surface area contributed by atoms with Gasteiger partial charge in [-0.2, -0.15) is 18.3 Å². The average Bonchev–Trinajstić information content (AvgIpc) is 3.40. The lowest BCUT2D eigenvalue weighted by Crippen LogP contribution is -2.45. The van der Waals surface area contributed by atoms with Gasteiger partial charge in [0.1, 0.15) is 23.9 Å². The Kier molecular flexibility index (Phi) is 6.17. The average molecular weight is 525 g/mol. The van der Waals surface area contributed by atoms with E-state index in [1.54, 1.807) is 53.6 Å². The van der Waals surface area contributed by atoms with Gasteiger partial charge in [-0.3, -0.25) is 23.6 Å². The predicted octanol–water partition coefficient (Wildman–Crippen LogP) is 3.82. The molecule has 0 radical (unpaired) electrons. The minimum Gasteiger partial charge on any atom is -0.494 e. The molecule has 9 nitrogen and oxygen atoms in total. The third-order valence-electron chi connectivity index (χ3n) is 6.42. The molecule has 0 aliphatic heterocycles. The number of methoxy groups -OCH3 is 1. The summed E-state index contributed by atoms with van der Waals surface area (Å²) in [5.41, 5.74) is 3.21. The Morgan fingerprint density at radius 1 is 1.08 bits per heavy atom. The maximum Gasteiger partial charge on any atom is 0.408 e. The first-order valence-corrected chi connectivity index (χ1v) is 11.6. The zero-order valence-electron chi connectivity index (χ0n) is 20.7. The molecule has 2 aromatic carbocycles. The summed E-state index contributed by atoms with van der Waals surface area (Å²) < 4.78 is 48.5. The number of imidazole rings is 1. The Balaban J connectivity index is 1.58. The summed E-state index contributed by atoms with van der Waals surface area (Å²) in [6.45, 7) is 0.249. The number of carbonyl (C=O) groups excluding carboxylic acids is 1. The van der Waals surface area contributed by atoms with Crippen LogP contribution in [0.25, 0.3) is 38.8 Å². The van der Waals surface area contributed by atoms with Gasteiger partial charge in [-0.25, -0.2) is 4.79 Å². The maximum absolute atomic E-state index is 13.6. The lowest BCUT2D eigenvalue weighted by atomic mass is 10.0. The molecule has 196 valence electrons. The number of ether oxygens (including phenoxy) is 1. The normalized spacial score (nSPS) is 12.7. The summed E-state index contributed by atoms with van der Waals surface area (Å²) in [5.74, 6) is -0.568. The molecule has 5 aromatic rings. The number of fused-ring (bicyclic) bond motifs is 2. The number of para-hydroxylation sites is 1. The second kappa shape index (κ2) is 9.36. The van der Waals surface area contributed by atoms with Crippen LogP contribution in [0.15, 0.2) is 65.8 Å². The highest BCUT2D eigenvalue weighted by Gasteiger charge is 2.37. The SMILES string of the molecule is COc1cccc2c1n(-c1ccc(-c3cncc4c3cnn4C)cc1)c(=O)n2CC(=O)N[C@@H](C)C(F)(F)F. The van der Waals surface area contributed by atoms with Crippen molar-refractivity contribution >= 4 is 27.8 Å². The fraction of sp³-hybridized carbons (Fsp3) is 0.231. The number of hydrogen-bond donors (Lipinski definition) is 1. The van der Waals surface area contributed by atoms with Crippen LogP contribution in [0.5, 0.6) is 5.75 Å². The molecule has 0 unspecified atom stereocenters. The van der Waals surface area contributed by atoms with E-state index in [0.29, 0.717) is 22.5 Å². The van der Waals surface area contributed by atoms with E-state index >= 15 is 0 Å². The molecule has 0 aliphatic rings. The second-order valence-corrected chi connectivity index (χ2v) is 8.80. The van der Waals surface area contributed by atoms with Gasteiger partial charge in [0.25, 0.3) is 0 Å². The molecule has 3 aromatic heterocycles. The first kappa shape index (κ1) is 25.1. The van der Waals surface area contributed by atoms with E-state index in [2.05, 4.69) is 10.1 Å². The molecule has 5 rings (SSSR count). The molecule has 0 spiro atoms. The third-order valence-corrected chi connectivity index (χ3v) is 6.42. The number of carbonyl (C=O) groups is 1. The van der Waals surface area contributed by atoms with Gasteiger partial charge in [0.05, 0.1) is 36.2 Å². The van der Waals surface area contributed by atoms with E-state index in [-0.39, 0.29) is 0 Å². The van der Waals surface area contributed by atoms with E-state index in [9.17, 15) is 22.8 Å². The number of alkyl halides is 3. The molecule has 1 amide bonds. The van der Waals surface area contributed by atoms with Crippen molar-refractivity contribution in [1.82, 2.24) is 29.2 Å². The number of benzene rings is 2. The van der Waals surface area contributed by atoms with Gasteiger partial charge in [0.15, 0.2) is 0 Å². The topological polar surface area (TPSA) is 96.0 Å². The molecule has 1 N–H and O–H groups in total. The second-order valence-electron chi connectivity index (χ2n) is 8.80. The number of amides is 1. The Bertz CT molecular complexity index is 1720. The van der Waals surface area contributed by atoms with Crippen molar-refractivity contribution in [2.45, 2.75) is 25.7 Å². The molecule has 12 heteroatoms. The van der Waals surface area contributed by atoms with Crippen molar-refractivity contribution in [2.75, 3.05) is 7.11 Å². The predicted molar refractivity (Wildman–Crippen MR) is 135 cm³/mol. The summed E-state index contributed by atoms with van der Waals surface area (Å²) in [5, 5.41) is 7.11. The quantitative estimate of drug-likeness (QED) is 0.365. The van der Waals surface area contributed by atoms with Crippen molar-refractivity contribution in [2.24, 2.45) is 7.05 Å². The Labute approximate surface area is 214 Å². The van der Waals surface area contributed by atoms with Crippen LogP contribution in [0.1, 0.15) is 6.92 Å². The van der Waals surface area contributed by atoms with Crippen LogP contribution in [0.2, 0.25) is 0 Å². The number of aryl methyl sites for hydroxylation is 1. The van der Waals surface area contributed by atoms with Crippen molar-refractivity contribution in [3.05, 3.63) is 71.5 Å². The number of nitrogens with one attached hydrogen (secondary N) is 1. The largest absolute Gasteiger partial charge is 0.494 e. The Morgan fingerprint density at radius 3 is 2.50 bits per heavy atom. The van der Waals surface area contributed by atoms with Gasteiger partial charge >= 0.3 is 11.9 Å². The molecule has 1 atom stereocenters. The van der Waals surface area contributed by atoms with E-state index in [4.69, 9.17) is 4.74 Å². The number of pyridine rings is 1. The van der Waals surface area contributed by atoms with Crippen LogP contribution in [-0.2, 0) is 18.4 Å². The minimum absolute atomic E-state index is 0.345. The monoisotopic (exact) mass is 524 g/mol. The maximum atomic E-state index is 13.6. The van der Waals surface area contributed by atoms with Gasteiger partial charge in [-0.1, -0.05) is 18.2 Å². The van der Waals surface area contributed by atoms with E-state index in [0.717, 1.165) is 33.5 Å². The van der Waals surface area contributed by atoms with E-state index < -0.39 is 30.4 Å². The third kappa shape index (κ3) is 4.27. The summed E-state index contributed by atoms with van der Waals surface area (Å²) in [6, 6.07) is 10.0. The first-order valence-electron chi connectivity index (χ1n) is 11.6. The molecule has 0 bridgehead atoms. The van der Waals surface area contributed by atoms with Gasteiger partial charge in [-0.05, 0) is 36.8 Å². The molecule has 38 heavy (non-hydrogen) atoms. The van der Waals surface area contributed by atoms with E-state index in [1.165, 1.54) is 11.7 Å². The zero-order valence-corrected chi connectivity index (χ0v) is 20.7. The highest BCUT2D eigenvalue weighted by Crippen LogP contribution is 2.30. The van der Waals surface area contributed by atoms with Gasteiger partial charge in [-0.15, -0.1) is 0 Å². The molecule has 0 aliphatic carbocycles. The van der Waals surface area contributed by atoms with Crippen molar-refractivity contribution < 1.29 is 22.7 Å². The van der Waals surface area contributed by atoms with Crippen LogP contribution in [0.3, 0.4) is 0 Å². The summed E-state index contributed by atoms with van der Waals surface area (Å²) in [7, 11) is 3.28. The molecular weight excluding hydrogens is 501 g/mol. The van der Waals surface area contributed by atoms with Crippen LogP contribution >= 0.6 is 0 Å². The van der Waals surface area contributed by atoms with Crippen molar-refractivity contribution in [3.63, 3.8) is 0 Å². The molecular formula is C26H23F3N6O3. The molecule has 0 saturated heterocycles. The Morgan fingerprint density at radius 2 is 1.82 bits per heavy atom. The van der Waals surface area contributed by atoms with Crippen LogP contribution in [-0.4, -0.2) is 49.1 Å². The fourth-order valence-electron chi connectivity index (χ4n) is 4.42. The van der Waals surface area contributed by atoms with Gasteiger partial charge in [0.2, 0.25) is 5.91 Å². The molecule has 0 fully saturated rings. The smallest absolute Gasteiger partial charge is 0.408 e. The lowest BCUT2D eigenvalue weighted by Gasteiger charge is -2.17. The summed E-state index contributed by atoms with van der Waals surface area (Å²) >= 11 is 0. The van der Waals surface area contributed by atoms with E-state index in [1.807, 2.05) is 24.5 Å². The van der Waals surface area contributed by atoms with Crippen molar-refractivity contribution in [1.29, 1.82) is 0 Å². The lowest BCUT2D eigenvalue weighted by molar-refractivity contribution is -0.158. The number of halogens is 3. The number of nitrogens with zero attached hydrogens (tertiary/aromatic N) is 5. The zero-order chi connectivity index (χ0) is 27.2. The van der Waals surface area contributed by atoms with Crippen LogP contribution < -0.4 is 15.7 Å². The van der Waals surface area contributed by atoms with Gasteiger partial charge in [0, 0.05) is 24.2 Å². The van der Waals surface area contributed by atoms with Crippen LogP contribution in [0.4, 0.5) is 13.2 Å². The molecule has 0 saturated carbocycles. The first-order chi connectivity index (χ1) is 18.1.